The molecule has 2 aromatic carbocycles. The molecule has 2 rings (SSSR count). The van der Waals surface area contributed by atoms with Crippen molar-refractivity contribution < 1.29 is 14.3 Å². The average molecular weight is 397 g/mol. The number of amides is 2. The van der Waals surface area contributed by atoms with E-state index in [0.717, 1.165) is 28.9 Å². The van der Waals surface area contributed by atoms with Crippen LogP contribution >= 0.6 is 0 Å². The number of rotatable bonds is 9. The zero-order chi connectivity index (χ0) is 21.4. The molecule has 156 valence electrons. The summed E-state index contributed by atoms with van der Waals surface area (Å²) >= 11 is 0. The highest BCUT2D eigenvalue weighted by Crippen LogP contribution is 2.17. The summed E-state index contributed by atoms with van der Waals surface area (Å²) in [5, 5.41) is 2.99. The number of carbonyl (C=O) groups excluding carboxylic acids is 2. The Hall–Kier alpha value is -2.82. The Balaban J connectivity index is 2.24. The molecule has 2 amide bonds. The van der Waals surface area contributed by atoms with Crippen LogP contribution in [0.15, 0.2) is 48.5 Å². The van der Waals surface area contributed by atoms with Gasteiger partial charge in [0.2, 0.25) is 11.8 Å². The highest BCUT2D eigenvalue weighted by Gasteiger charge is 2.27. The third-order valence-corrected chi connectivity index (χ3v) is 5.28. The van der Waals surface area contributed by atoms with Crippen molar-refractivity contribution in [3.05, 3.63) is 65.2 Å². The number of hydrogen-bond donors (Lipinski definition) is 1. The van der Waals surface area contributed by atoms with Gasteiger partial charge in [-0.2, -0.15) is 0 Å². The minimum atomic E-state index is -0.567. The minimum Gasteiger partial charge on any atom is -0.497 e. The predicted molar refractivity (Wildman–Crippen MR) is 116 cm³/mol. The van der Waals surface area contributed by atoms with E-state index < -0.39 is 6.04 Å². The Morgan fingerprint density at radius 3 is 2.31 bits per heavy atom. The quantitative estimate of drug-likeness (QED) is 0.700. The van der Waals surface area contributed by atoms with E-state index >= 15 is 0 Å². The van der Waals surface area contributed by atoms with Gasteiger partial charge in [0, 0.05) is 12.6 Å². The normalized spacial score (nSPS) is 12.7. The summed E-state index contributed by atoms with van der Waals surface area (Å²) in [6.45, 7) is 8.14. The molecule has 0 unspecified atom stereocenters. The maximum absolute atomic E-state index is 13.2. The second-order valence-corrected chi connectivity index (χ2v) is 7.47. The van der Waals surface area contributed by atoms with Gasteiger partial charge in [0.15, 0.2) is 0 Å². The first-order valence-corrected chi connectivity index (χ1v) is 10.1. The summed E-state index contributed by atoms with van der Waals surface area (Å²) in [4.78, 5) is 27.6. The lowest BCUT2D eigenvalue weighted by molar-refractivity contribution is -0.140. The average Bonchev–Trinajstić information content (AvgIpc) is 2.73. The second kappa shape index (κ2) is 10.6. The van der Waals surface area contributed by atoms with Gasteiger partial charge in [0.25, 0.3) is 0 Å². The molecule has 0 aliphatic rings. The van der Waals surface area contributed by atoms with Crippen LogP contribution in [0.5, 0.6) is 5.75 Å². The van der Waals surface area contributed by atoms with Crippen molar-refractivity contribution in [2.24, 2.45) is 0 Å². The molecule has 29 heavy (non-hydrogen) atoms. The van der Waals surface area contributed by atoms with Crippen LogP contribution in [0.25, 0.3) is 0 Å². The predicted octanol–water partition coefficient (Wildman–Crippen LogP) is 3.88. The summed E-state index contributed by atoms with van der Waals surface area (Å²) < 4.78 is 5.21. The topological polar surface area (TPSA) is 58.6 Å². The number of ether oxygens (including phenoxy) is 1. The molecule has 0 radical (unpaired) electrons. The van der Waals surface area contributed by atoms with Crippen LogP contribution in [0, 0.1) is 6.92 Å². The molecule has 0 aliphatic heterocycles. The molecule has 0 saturated heterocycles. The highest BCUT2D eigenvalue weighted by atomic mass is 16.5. The van der Waals surface area contributed by atoms with Gasteiger partial charge in [-0.3, -0.25) is 9.59 Å². The van der Waals surface area contributed by atoms with Crippen molar-refractivity contribution in [1.29, 1.82) is 0 Å². The molecule has 2 aromatic rings. The molecule has 2 atom stereocenters. The summed E-state index contributed by atoms with van der Waals surface area (Å²) in [5.41, 5.74) is 3.00. The van der Waals surface area contributed by atoms with E-state index in [1.165, 1.54) is 0 Å². The first-order valence-electron chi connectivity index (χ1n) is 10.1. The fourth-order valence-electron chi connectivity index (χ4n) is 3.05. The van der Waals surface area contributed by atoms with Crippen molar-refractivity contribution >= 4 is 11.8 Å². The van der Waals surface area contributed by atoms with Gasteiger partial charge in [-0.25, -0.2) is 0 Å². The first kappa shape index (κ1) is 22.5. The van der Waals surface area contributed by atoms with E-state index in [4.69, 9.17) is 4.74 Å². The van der Waals surface area contributed by atoms with Crippen LogP contribution in [0.1, 0.15) is 43.9 Å². The SMILES string of the molecule is CC[C@@H](C)NC(=O)[C@H](C)N(Cc1ccc(OC)cc1)C(=O)Cc1ccccc1C. The van der Waals surface area contributed by atoms with Gasteiger partial charge in [0.05, 0.1) is 13.5 Å². The number of methoxy groups -OCH3 is 1. The number of hydrogen-bond acceptors (Lipinski definition) is 3. The van der Waals surface area contributed by atoms with Gasteiger partial charge in [-0.15, -0.1) is 0 Å². The van der Waals surface area contributed by atoms with Gasteiger partial charge < -0.3 is 15.0 Å². The molecule has 0 spiro atoms. The summed E-state index contributed by atoms with van der Waals surface area (Å²) in [5.74, 6) is 0.557. The summed E-state index contributed by atoms with van der Waals surface area (Å²) in [6, 6.07) is 14.9. The van der Waals surface area contributed by atoms with Crippen molar-refractivity contribution in [2.75, 3.05) is 7.11 Å². The van der Waals surface area contributed by atoms with E-state index in [1.807, 2.05) is 69.3 Å². The Labute approximate surface area is 174 Å². The largest absolute Gasteiger partial charge is 0.497 e. The molecule has 5 nitrogen and oxygen atoms in total. The maximum atomic E-state index is 13.2. The highest BCUT2D eigenvalue weighted by molar-refractivity contribution is 5.88. The van der Waals surface area contributed by atoms with E-state index in [2.05, 4.69) is 5.32 Å². The van der Waals surface area contributed by atoms with Crippen LogP contribution < -0.4 is 10.1 Å². The van der Waals surface area contributed by atoms with Crippen molar-refractivity contribution in [3.8, 4) is 5.75 Å². The number of benzene rings is 2. The number of aryl methyl sites for hydroxylation is 1. The molecular formula is C24H32N2O3. The van der Waals surface area contributed by atoms with Gasteiger partial charge >= 0.3 is 0 Å². The smallest absolute Gasteiger partial charge is 0.242 e. The lowest BCUT2D eigenvalue weighted by Crippen LogP contribution is -2.49. The van der Waals surface area contributed by atoms with E-state index in [1.54, 1.807) is 18.9 Å². The van der Waals surface area contributed by atoms with E-state index in [0.29, 0.717) is 6.54 Å². The van der Waals surface area contributed by atoms with Crippen LogP contribution in [0.4, 0.5) is 0 Å². The number of nitrogens with zero attached hydrogens (tertiary/aromatic N) is 1. The molecule has 0 bridgehead atoms. The Bertz CT molecular complexity index is 817. The zero-order valence-electron chi connectivity index (χ0n) is 18.1. The molecule has 0 aliphatic carbocycles. The fraction of sp³-hybridized carbons (Fsp3) is 0.417. The molecular weight excluding hydrogens is 364 g/mol. The van der Waals surface area contributed by atoms with E-state index in [-0.39, 0.29) is 24.3 Å². The first-order chi connectivity index (χ1) is 13.8. The Kier molecular flexibility index (Phi) is 8.25. The summed E-state index contributed by atoms with van der Waals surface area (Å²) in [6.07, 6.45) is 1.11. The van der Waals surface area contributed by atoms with Gasteiger partial charge in [-0.1, -0.05) is 43.3 Å². The second-order valence-electron chi connectivity index (χ2n) is 7.47. The number of carbonyl (C=O) groups is 2. The van der Waals surface area contributed by atoms with E-state index in [9.17, 15) is 9.59 Å². The van der Waals surface area contributed by atoms with Gasteiger partial charge in [-0.05, 0) is 56.0 Å². The molecule has 0 aromatic heterocycles. The van der Waals surface area contributed by atoms with Crippen LogP contribution in [-0.4, -0.2) is 35.9 Å². The Morgan fingerprint density at radius 1 is 1.07 bits per heavy atom. The third-order valence-electron chi connectivity index (χ3n) is 5.28. The Morgan fingerprint density at radius 2 is 1.72 bits per heavy atom. The van der Waals surface area contributed by atoms with Crippen molar-refractivity contribution in [2.45, 2.75) is 59.2 Å². The van der Waals surface area contributed by atoms with Crippen LogP contribution in [-0.2, 0) is 22.6 Å². The van der Waals surface area contributed by atoms with Crippen LogP contribution in [0.2, 0.25) is 0 Å². The zero-order valence-corrected chi connectivity index (χ0v) is 18.1. The molecule has 5 heteroatoms. The minimum absolute atomic E-state index is 0.0677. The van der Waals surface area contributed by atoms with Crippen molar-refractivity contribution in [1.82, 2.24) is 10.2 Å². The maximum Gasteiger partial charge on any atom is 0.242 e. The molecule has 0 heterocycles. The lowest BCUT2D eigenvalue weighted by Gasteiger charge is -2.30. The molecule has 1 N–H and O–H groups in total. The fourth-order valence-corrected chi connectivity index (χ4v) is 3.05. The van der Waals surface area contributed by atoms with Gasteiger partial charge in [0.1, 0.15) is 11.8 Å². The van der Waals surface area contributed by atoms with Crippen LogP contribution in [0.3, 0.4) is 0 Å². The molecule has 0 saturated carbocycles. The third kappa shape index (κ3) is 6.34. The monoisotopic (exact) mass is 396 g/mol. The summed E-state index contributed by atoms with van der Waals surface area (Å²) in [7, 11) is 1.62. The number of nitrogens with one attached hydrogen (secondary N) is 1. The lowest BCUT2D eigenvalue weighted by atomic mass is 10.0. The standard InChI is InChI=1S/C24H32N2O3/c1-6-18(3)25-24(28)19(4)26(16-20-11-13-22(29-5)14-12-20)23(27)15-21-10-8-7-9-17(21)2/h7-14,18-19H,6,15-16H2,1-5H3,(H,25,28)/t18-,19+/m1/s1. The van der Waals surface area contributed by atoms with Crippen molar-refractivity contribution in [3.63, 3.8) is 0 Å². The molecule has 0 fully saturated rings.